The van der Waals surface area contributed by atoms with Crippen LogP contribution in [0.1, 0.15) is 58.2 Å². The van der Waals surface area contributed by atoms with Crippen molar-refractivity contribution in [3.8, 4) is 32.8 Å². The predicted octanol–water partition coefficient (Wildman–Crippen LogP) is 12.8. The number of aromatic nitrogens is 1. The molecule has 0 aliphatic rings. The van der Waals surface area contributed by atoms with Crippen molar-refractivity contribution in [1.82, 2.24) is 4.98 Å². The minimum Gasteiger partial charge on any atom is -0.256 e. The maximum Gasteiger partial charge on any atom is 0.126 e. The van der Waals surface area contributed by atoms with Crippen LogP contribution in [0.3, 0.4) is 0 Å². The van der Waals surface area contributed by atoms with Crippen LogP contribution in [0.4, 0.5) is 5.69 Å². The molecule has 2 nitrogen and oxygen atoms in total. The van der Waals surface area contributed by atoms with Crippen LogP contribution in [-0.2, 0) is 10.8 Å². The summed E-state index contributed by atoms with van der Waals surface area (Å²) in [6.45, 7) is 13.6. The fraction of sp³-hybridized carbons (Fsp3) is 0.182. The molecule has 7 aromatic rings. The number of nitrogens with zero attached hydrogens (tertiary/aromatic N) is 2. The molecular weight excluding hydrogens is 589 g/mol. The van der Waals surface area contributed by atoms with Gasteiger partial charge in [-0.3, -0.25) is 4.99 Å². The number of benzene rings is 6. The number of aliphatic imine (C=N–C) groups is 1. The fourth-order valence-corrected chi connectivity index (χ4v) is 7.04. The lowest BCUT2D eigenvalue weighted by Gasteiger charge is -2.25. The van der Waals surface area contributed by atoms with Gasteiger partial charge in [-0.2, -0.15) is 0 Å². The molecule has 1 aromatic heterocycles. The normalized spacial score (nSPS) is 12.4. The molecule has 0 aliphatic carbocycles. The van der Waals surface area contributed by atoms with Crippen LogP contribution in [0, 0.1) is 0 Å². The molecule has 0 fully saturated rings. The molecule has 47 heavy (non-hydrogen) atoms. The van der Waals surface area contributed by atoms with Crippen molar-refractivity contribution in [3.63, 3.8) is 0 Å². The Bertz CT molecular complexity index is 2220. The zero-order valence-corrected chi connectivity index (χ0v) is 28.8. The highest BCUT2D eigenvalue weighted by atomic mass is 32.1. The summed E-state index contributed by atoms with van der Waals surface area (Å²) in [5.74, 6) is 0. The minimum atomic E-state index is 0.0528. The zero-order valence-electron chi connectivity index (χ0n) is 28.0. The first-order valence-electron chi connectivity index (χ1n) is 16.3. The van der Waals surface area contributed by atoms with Crippen molar-refractivity contribution in [3.05, 3.63) is 144 Å². The summed E-state index contributed by atoms with van der Waals surface area (Å²) in [6.07, 6.45) is 2.01. The number of thiazole rings is 1. The summed E-state index contributed by atoms with van der Waals surface area (Å²) in [5.41, 5.74) is 11.6. The van der Waals surface area contributed by atoms with Gasteiger partial charge in [0.1, 0.15) is 5.01 Å². The molecule has 0 amide bonds. The maximum atomic E-state index is 5.23. The molecule has 0 bridgehead atoms. The molecule has 7 rings (SSSR count). The molecule has 0 radical (unpaired) electrons. The van der Waals surface area contributed by atoms with Crippen molar-refractivity contribution < 1.29 is 0 Å². The van der Waals surface area contributed by atoms with Crippen molar-refractivity contribution in [1.29, 1.82) is 0 Å². The average molecular weight is 629 g/mol. The Labute approximate surface area is 282 Å². The van der Waals surface area contributed by atoms with E-state index in [4.69, 9.17) is 9.98 Å². The quantitative estimate of drug-likeness (QED) is 0.174. The van der Waals surface area contributed by atoms with Gasteiger partial charge in [-0.05, 0) is 91.4 Å². The first-order chi connectivity index (χ1) is 22.5. The van der Waals surface area contributed by atoms with Crippen LogP contribution in [0.25, 0.3) is 53.8 Å². The second kappa shape index (κ2) is 12.1. The highest BCUT2D eigenvalue weighted by Crippen LogP contribution is 2.40. The number of hydrogen-bond donors (Lipinski definition) is 0. The van der Waals surface area contributed by atoms with Crippen molar-refractivity contribution in [2.45, 2.75) is 52.4 Å². The molecular formula is C44H40N2S. The van der Waals surface area contributed by atoms with E-state index < -0.39 is 0 Å². The topological polar surface area (TPSA) is 25.2 Å². The van der Waals surface area contributed by atoms with Crippen molar-refractivity contribution >= 4 is 44.2 Å². The third kappa shape index (κ3) is 6.41. The Kier molecular flexibility index (Phi) is 7.90. The monoisotopic (exact) mass is 628 g/mol. The van der Waals surface area contributed by atoms with E-state index in [1.165, 1.54) is 37.7 Å². The van der Waals surface area contributed by atoms with Gasteiger partial charge in [0.05, 0.1) is 15.9 Å². The third-order valence-corrected chi connectivity index (χ3v) is 9.93. The molecule has 0 unspecified atom stereocenters. The van der Waals surface area contributed by atoms with Crippen molar-refractivity contribution in [2.75, 3.05) is 0 Å². The van der Waals surface area contributed by atoms with Crippen LogP contribution in [-0.4, -0.2) is 11.2 Å². The third-order valence-electron chi connectivity index (χ3n) is 8.87. The lowest BCUT2D eigenvalue weighted by Crippen LogP contribution is -2.17. The molecule has 0 saturated carbocycles. The largest absolute Gasteiger partial charge is 0.256 e. The molecule has 3 heteroatoms. The highest BCUT2D eigenvalue weighted by molar-refractivity contribution is 7.21. The van der Waals surface area contributed by atoms with Crippen LogP contribution >= 0.6 is 11.3 Å². The van der Waals surface area contributed by atoms with Crippen LogP contribution in [0.2, 0.25) is 0 Å². The van der Waals surface area contributed by atoms with Gasteiger partial charge in [-0.15, -0.1) is 11.3 Å². The molecule has 232 valence electrons. The van der Waals surface area contributed by atoms with E-state index in [0.717, 1.165) is 38.5 Å². The summed E-state index contributed by atoms with van der Waals surface area (Å²) in [6, 6.07) is 45.8. The summed E-state index contributed by atoms with van der Waals surface area (Å²) < 4.78 is 1.17. The maximum absolute atomic E-state index is 5.23. The van der Waals surface area contributed by atoms with E-state index in [9.17, 15) is 0 Å². The van der Waals surface area contributed by atoms with Gasteiger partial charge >= 0.3 is 0 Å². The molecule has 1 heterocycles. The van der Waals surface area contributed by atoms with Gasteiger partial charge in [-0.1, -0.05) is 133 Å². The van der Waals surface area contributed by atoms with E-state index in [1.54, 1.807) is 11.3 Å². The van der Waals surface area contributed by atoms with Crippen LogP contribution in [0.15, 0.2) is 132 Å². The Hall–Kier alpha value is -4.86. The number of rotatable bonds is 5. The van der Waals surface area contributed by atoms with Gasteiger partial charge < -0.3 is 0 Å². The molecule has 0 aliphatic heterocycles. The number of hydrogen-bond acceptors (Lipinski definition) is 3. The van der Waals surface area contributed by atoms with E-state index in [2.05, 4.69) is 169 Å². The molecule has 0 N–H and O–H groups in total. The lowest BCUT2D eigenvalue weighted by molar-refractivity contribution is 0.568. The Morgan fingerprint density at radius 1 is 0.553 bits per heavy atom. The van der Waals surface area contributed by atoms with Gasteiger partial charge in [0.15, 0.2) is 0 Å². The number of fused-ring (bicyclic) bond motifs is 2. The molecule has 0 saturated heterocycles. The summed E-state index contributed by atoms with van der Waals surface area (Å²) in [4.78, 5) is 10.3. The van der Waals surface area contributed by atoms with E-state index in [0.29, 0.717) is 0 Å². The second-order valence-electron chi connectivity index (χ2n) is 14.4. The molecule has 0 spiro atoms. The second-order valence-corrected chi connectivity index (χ2v) is 15.5. The van der Waals surface area contributed by atoms with Crippen LogP contribution in [0.5, 0.6) is 0 Å². The summed E-state index contributed by atoms with van der Waals surface area (Å²) in [5, 5.41) is 3.49. The van der Waals surface area contributed by atoms with Crippen LogP contribution < -0.4 is 0 Å². The lowest BCUT2D eigenvalue weighted by atomic mass is 9.79. The SMILES string of the molecule is CC(C)(C)c1cc(C=Nc2ccccc2-c2nc3c(-c4ccc(-c5ccc6ccccc6c5)cc4)cccc3s2)cc(C(C)(C)C)c1. The minimum absolute atomic E-state index is 0.0528. The van der Waals surface area contributed by atoms with E-state index in [1.807, 2.05) is 6.21 Å². The van der Waals surface area contributed by atoms with Gasteiger partial charge in [0, 0.05) is 17.3 Å². The van der Waals surface area contributed by atoms with Gasteiger partial charge in [0.2, 0.25) is 0 Å². The fourth-order valence-electron chi connectivity index (χ4n) is 6.01. The summed E-state index contributed by atoms with van der Waals surface area (Å²) in [7, 11) is 0. The Balaban J connectivity index is 1.22. The zero-order chi connectivity index (χ0) is 32.8. The Morgan fingerprint density at radius 3 is 1.89 bits per heavy atom. The van der Waals surface area contributed by atoms with E-state index >= 15 is 0 Å². The number of para-hydroxylation sites is 2. The first kappa shape index (κ1) is 30.8. The predicted molar refractivity (Wildman–Crippen MR) is 205 cm³/mol. The Morgan fingerprint density at radius 2 is 1.17 bits per heavy atom. The van der Waals surface area contributed by atoms with Crippen molar-refractivity contribution in [2.24, 2.45) is 4.99 Å². The molecule has 0 atom stereocenters. The van der Waals surface area contributed by atoms with E-state index in [-0.39, 0.29) is 10.8 Å². The first-order valence-corrected chi connectivity index (χ1v) is 17.1. The van der Waals surface area contributed by atoms with Gasteiger partial charge in [-0.25, -0.2) is 4.98 Å². The van der Waals surface area contributed by atoms with Gasteiger partial charge in [0.25, 0.3) is 0 Å². The standard InChI is InChI=1S/C44H40N2S/c1-43(2,3)35-24-29(25-36(27-35)44(4,5)6)28-45-39-16-10-9-14-38(39)42-46-41-37(15-11-17-40(41)47-42)32-21-18-31(19-22-32)34-23-20-30-12-7-8-13-33(30)26-34/h7-28H,1-6H3. The smallest absolute Gasteiger partial charge is 0.126 e. The average Bonchev–Trinajstić information content (AvgIpc) is 3.51. The highest BCUT2D eigenvalue weighted by Gasteiger charge is 2.20. The molecule has 6 aromatic carbocycles. The summed E-state index contributed by atoms with van der Waals surface area (Å²) >= 11 is 1.72.